The third-order valence-corrected chi connectivity index (χ3v) is 5.24. The zero-order valence-corrected chi connectivity index (χ0v) is 19.1. The van der Waals surface area contributed by atoms with Crippen molar-refractivity contribution >= 4 is 48.8 Å². The molecule has 1 aromatic carbocycles. The van der Waals surface area contributed by atoms with Crippen LogP contribution >= 0.6 is 37.2 Å². The lowest BCUT2D eigenvalue weighted by Crippen LogP contribution is -2.49. The molecule has 0 spiro atoms. The van der Waals surface area contributed by atoms with Gasteiger partial charge in [0, 0.05) is 37.9 Å². The molecule has 0 bridgehead atoms. The van der Waals surface area contributed by atoms with E-state index < -0.39 is 5.60 Å². The number of β-amino-alcohol motifs (C(OH)–C–C–N with tert-alkyl or cyclic N) is 1. The lowest BCUT2D eigenvalue weighted by Gasteiger charge is -2.41. The van der Waals surface area contributed by atoms with Gasteiger partial charge in [0.2, 0.25) is 0 Å². The maximum atomic E-state index is 11.9. The van der Waals surface area contributed by atoms with Gasteiger partial charge in [-0.05, 0) is 57.6 Å². The average Bonchev–Trinajstić information content (AvgIpc) is 3.36. The van der Waals surface area contributed by atoms with Gasteiger partial charge in [-0.1, -0.05) is 12.1 Å². The molecule has 3 N–H and O–H groups in total. The summed E-state index contributed by atoms with van der Waals surface area (Å²) in [5.74, 6) is 0.395. The SMILES string of the molecule is CC(C)(O)CN1CCC(N(CC2CC2)c2ccccc2C(N)=O)CC1.Cl.Cl.Cl. The van der Waals surface area contributed by atoms with Crippen molar-refractivity contribution in [3.63, 3.8) is 0 Å². The van der Waals surface area contributed by atoms with Crippen LogP contribution in [0, 0.1) is 5.92 Å². The summed E-state index contributed by atoms with van der Waals surface area (Å²) in [6, 6.07) is 8.17. The molecule has 1 heterocycles. The second-order valence-corrected chi connectivity index (χ2v) is 8.30. The lowest BCUT2D eigenvalue weighted by molar-refractivity contribution is 0.0280. The Kier molecular flexibility index (Phi) is 11.2. The summed E-state index contributed by atoms with van der Waals surface area (Å²) < 4.78 is 0. The Morgan fingerprint density at radius 1 is 1.14 bits per heavy atom. The Labute approximate surface area is 187 Å². The molecule has 0 unspecified atom stereocenters. The van der Waals surface area contributed by atoms with Gasteiger partial charge in [0.25, 0.3) is 5.91 Å². The second kappa shape index (κ2) is 11.5. The summed E-state index contributed by atoms with van der Waals surface area (Å²) in [6.45, 7) is 7.41. The van der Waals surface area contributed by atoms with Crippen molar-refractivity contribution in [1.82, 2.24) is 4.90 Å². The molecule has 1 saturated carbocycles. The number of rotatable bonds is 7. The maximum absolute atomic E-state index is 11.9. The van der Waals surface area contributed by atoms with Crippen molar-refractivity contribution in [2.24, 2.45) is 11.7 Å². The number of nitrogens with zero attached hydrogens (tertiary/aromatic N) is 2. The summed E-state index contributed by atoms with van der Waals surface area (Å²) in [6.07, 6.45) is 4.67. The Morgan fingerprint density at radius 2 is 1.71 bits per heavy atom. The maximum Gasteiger partial charge on any atom is 0.250 e. The van der Waals surface area contributed by atoms with E-state index in [1.807, 2.05) is 38.1 Å². The van der Waals surface area contributed by atoms with E-state index in [-0.39, 0.29) is 43.1 Å². The third-order valence-electron chi connectivity index (χ3n) is 5.24. The monoisotopic (exact) mass is 453 g/mol. The van der Waals surface area contributed by atoms with Gasteiger partial charge < -0.3 is 20.6 Å². The van der Waals surface area contributed by atoms with Crippen molar-refractivity contribution in [2.45, 2.75) is 51.2 Å². The number of aliphatic hydroxyl groups is 1. The van der Waals surface area contributed by atoms with E-state index in [1.54, 1.807) is 0 Å². The number of nitrogens with two attached hydrogens (primary N) is 1. The van der Waals surface area contributed by atoms with Crippen LogP contribution in [0.5, 0.6) is 0 Å². The topological polar surface area (TPSA) is 69.8 Å². The number of para-hydroxylation sites is 1. The Balaban J connectivity index is 0.00000243. The number of piperidine rings is 1. The Hall–Kier alpha value is -0.720. The van der Waals surface area contributed by atoms with Gasteiger partial charge in [0.05, 0.1) is 11.2 Å². The van der Waals surface area contributed by atoms with Crippen molar-refractivity contribution in [3.8, 4) is 0 Å². The summed E-state index contributed by atoms with van der Waals surface area (Å²) in [5, 5.41) is 10.0. The lowest BCUT2D eigenvalue weighted by atomic mass is 9.98. The number of likely N-dealkylation sites (tertiary alicyclic amines) is 1. The quantitative estimate of drug-likeness (QED) is 0.661. The van der Waals surface area contributed by atoms with Gasteiger partial charge in [-0.25, -0.2) is 0 Å². The van der Waals surface area contributed by atoms with E-state index >= 15 is 0 Å². The average molecular weight is 455 g/mol. The van der Waals surface area contributed by atoms with Crippen LogP contribution in [0.3, 0.4) is 0 Å². The number of hydrogen-bond acceptors (Lipinski definition) is 4. The van der Waals surface area contributed by atoms with Crippen molar-refractivity contribution in [2.75, 3.05) is 31.1 Å². The van der Waals surface area contributed by atoms with Gasteiger partial charge >= 0.3 is 0 Å². The van der Waals surface area contributed by atoms with Crippen molar-refractivity contribution in [1.29, 1.82) is 0 Å². The summed E-state index contributed by atoms with van der Waals surface area (Å²) in [5.41, 5.74) is 6.58. The summed E-state index contributed by atoms with van der Waals surface area (Å²) in [7, 11) is 0. The van der Waals surface area contributed by atoms with E-state index in [2.05, 4.69) is 9.80 Å². The molecule has 1 aliphatic carbocycles. The van der Waals surface area contributed by atoms with Crippen LogP contribution in [0.4, 0.5) is 5.69 Å². The molecular formula is C20H34Cl3N3O2. The van der Waals surface area contributed by atoms with Crippen LogP contribution in [0.2, 0.25) is 0 Å². The molecular weight excluding hydrogens is 421 g/mol. The first kappa shape index (κ1) is 27.3. The van der Waals surface area contributed by atoms with Gasteiger partial charge in [-0.15, -0.1) is 37.2 Å². The smallest absolute Gasteiger partial charge is 0.250 e. The summed E-state index contributed by atoms with van der Waals surface area (Å²) >= 11 is 0. The number of amides is 1. The molecule has 28 heavy (non-hydrogen) atoms. The molecule has 162 valence electrons. The van der Waals surface area contributed by atoms with E-state index in [9.17, 15) is 9.90 Å². The standard InChI is InChI=1S/C20H31N3O2.3ClH/c1-20(2,25)14-22-11-9-16(10-12-22)23(13-15-7-8-15)18-6-4-3-5-17(18)19(21)24;;;/h3-6,15-16,25H,7-14H2,1-2H3,(H2,21,24);3*1H. The highest BCUT2D eigenvalue weighted by molar-refractivity contribution is 5.98. The van der Waals surface area contributed by atoms with Crippen LogP contribution in [0.1, 0.15) is 49.9 Å². The minimum Gasteiger partial charge on any atom is -0.389 e. The highest BCUT2D eigenvalue weighted by atomic mass is 35.5. The van der Waals surface area contributed by atoms with Crippen molar-refractivity contribution < 1.29 is 9.90 Å². The van der Waals surface area contributed by atoms with Crippen LogP contribution < -0.4 is 10.6 Å². The highest BCUT2D eigenvalue weighted by Crippen LogP contribution is 2.35. The molecule has 0 atom stereocenters. The molecule has 1 aliphatic heterocycles. The second-order valence-electron chi connectivity index (χ2n) is 8.30. The van der Waals surface area contributed by atoms with E-state index in [4.69, 9.17) is 5.73 Å². The number of halogens is 3. The molecule has 2 fully saturated rings. The molecule has 1 amide bonds. The first-order chi connectivity index (χ1) is 11.8. The zero-order chi connectivity index (χ0) is 18.0. The highest BCUT2D eigenvalue weighted by Gasteiger charge is 2.32. The predicted octanol–water partition coefficient (Wildman–Crippen LogP) is 3.50. The number of primary amides is 1. The number of anilines is 1. The molecule has 1 aromatic rings. The van der Waals surface area contributed by atoms with Crippen LogP contribution in [0.25, 0.3) is 0 Å². The minimum absolute atomic E-state index is 0. The van der Waals surface area contributed by atoms with Gasteiger partial charge in [-0.3, -0.25) is 4.79 Å². The summed E-state index contributed by atoms with van der Waals surface area (Å²) in [4.78, 5) is 16.6. The normalized spacial score (nSPS) is 17.7. The fourth-order valence-corrected chi connectivity index (χ4v) is 3.89. The Bertz CT molecular complexity index is 613. The molecule has 2 aliphatic rings. The van der Waals surface area contributed by atoms with Gasteiger partial charge in [0.1, 0.15) is 0 Å². The fraction of sp³-hybridized carbons (Fsp3) is 0.650. The molecule has 8 heteroatoms. The molecule has 3 rings (SSSR count). The van der Waals surface area contributed by atoms with Gasteiger partial charge in [0.15, 0.2) is 0 Å². The molecule has 5 nitrogen and oxygen atoms in total. The number of hydrogen-bond donors (Lipinski definition) is 2. The van der Waals surface area contributed by atoms with Crippen LogP contribution in [-0.4, -0.2) is 53.7 Å². The number of carbonyl (C=O) groups is 1. The van der Waals surface area contributed by atoms with E-state index in [0.717, 1.165) is 44.1 Å². The van der Waals surface area contributed by atoms with Crippen LogP contribution in [-0.2, 0) is 0 Å². The van der Waals surface area contributed by atoms with E-state index in [1.165, 1.54) is 12.8 Å². The minimum atomic E-state index is -0.654. The van der Waals surface area contributed by atoms with Crippen molar-refractivity contribution in [3.05, 3.63) is 29.8 Å². The molecule has 0 radical (unpaired) electrons. The largest absolute Gasteiger partial charge is 0.389 e. The van der Waals surface area contributed by atoms with Gasteiger partial charge in [-0.2, -0.15) is 0 Å². The van der Waals surface area contributed by atoms with Crippen LogP contribution in [0.15, 0.2) is 24.3 Å². The fourth-order valence-electron chi connectivity index (χ4n) is 3.89. The predicted molar refractivity (Wildman–Crippen MR) is 123 cm³/mol. The first-order valence-electron chi connectivity index (χ1n) is 9.44. The molecule has 1 saturated heterocycles. The Morgan fingerprint density at radius 3 is 2.21 bits per heavy atom. The first-order valence-corrected chi connectivity index (χ1v) is 9.44. The number of benzene rings is 1. The van der Waals surface area contributed by atoms with E-state index in [0.29, 0.717) is 18.2 Å². The number of carbonyl (C=O) groups excluding carboxylic acids is 1. The molecule has 0 aromatic heterocycles. The zero-order valence-electron chi connectivity index (χ0n) is 16.7. The third kappa shape index (κ3) is 7.60.